The number of benzene rings is 2. The standard InChI is InChI=1S/C23H27N3O2/c1-16-10-12-18(13-11-16)21-25-22(28-26-21)19(14-17-8-6-5-7-9-17)24-20(27)15-23(2,3)4/h5-13,19H,14-15H2,1-4H3,(H,24,27)/t19-/m0/s1. The highest BCUT2D eigenvalue weighted by atomic mass is 16.5. The lowest BCUT2D eigenvalue weighted by Crippen LogP contribution is -2.32. The van der Waals surface area contributed by atoms with Gasteiger partial charge in [-0.25, -0.2) is 0 Å². The Labute approximate surface area is 166 Å². The van der Waals surface area contributed by atoms with Crippen molar-refractivity contribution in [1.82, 2.24) is 15.5 Å². The maximum Gasteiger partial charge on any atom is 0.249 e. The van der Waals surface area contributed by atoms with Crippen molar-refractivity contribution < 1.29 is 9.32 Å². The molecule has 0 bridgehead atoms. The average molecular weight is 377 g/mol. The van der Waals surface area contributed by atoms with Gasteiger partial charge in [0.05, 0.1) is 0 Å². The van der Waals surface area contributed by atoms with Crippen molar-refractivity contribution in [2.75, 3.05) is 0 Å². The van der Waals surface area contributed by atoms with Crippen LogP contribution in [0.1, 0.15) is 50.3 Å². The SMILES string of the molecule is Cc1ccc(-c2noc([C@H](Cc3ccccc3)NC(=O)CC(C)(C)C)n2)cc1. The van der Waals surface area contributed by atoms with Gasteiger partial charge < -0.3 is 9.84 Å². The molecule has 146 valence electrons. The van der Waals surface area contributed by atoms with Crippen LogP contribution in [-0.4, -0.2) is 16.0 Å². The van der Waals surface area contributed by atoms with E-state index in [2.05, 4.69) is 15.5 Å². The number of rotatable bonds is 6. The maximum absolute atomic E-state index is 12.5. The lowest BCUT2D eigenvalue weighted by molar-refractivity contribution is -0.123. The molecule has 0 radical (unpaired) electrons. The Morgan fingerprint density at radius 2 is 1.75 bits per heavy atom. The molecule has 3 rings (SSSR count). The molecule has 0 saturated carbocycles. The molecule has 1 N–H and O–H groups in total. The minimum absolute atomic E-state index is 0.0245. The quantitative estimate of drug-likeness (QED) is 0.665. The molecule has 0 aliphatic heterocycles. The first kappa shape index (κ1) is 19.8. The molecule has 1 aromatic heterocycles. The minimum atomic E-state index is -0.371. The van der Waals surface area contributed by atoms with E-state index in [1.165, 1.54) is 5.56 Å². The van der Waals surface area contributed by atoms with Gasteiger partial charge in [0.2, 0.25) is 17.6 Å². The van der Waals surface area contributed by atoms with Gasteiger partial charge in [0.25, 0.3) is 0 Å². The normalized spacial score (nSPS) is 12.6. The summed E-state index contributed by atoms with van der Waals surface area (Å²) in [5, 5.41) is 7.20. The molecular formula is C23H27N3O2. The van der Waals surface area contributed by atoms with Crippen LogP contribution in [0.2, 0.25) is 0 Å². The van der Waals surface area contributed by atoms with Crippen molar-refractivity contribution in [3.8, 4) is 11.4 Å². The summed E-state index contributed by atoms with van der Waals surface area (Å²) in [5.74, 6) is 0.920. The van der Waals surface area contributed by atoms with Gasteiger partial charge in [-0.05, 0) is 17.9 Å². The van der Waals surface area contributed by atoms with Crippen molar-refractivity contribution in [2.45, 2.75) is 46.6 Å². The molecular weight excluding hydrogens is 350 g/mol. The molecule has 0 spiro atoms. The monoisotopic (exact) mass is 377 g/mol. The number of hydrogen-bond donors (Lipinski definition) is 1. The van der Waals surface area contributed by atoms with Crippen LogP contribution in [0.25, 0.3) is 11.4 Å². The number of hydrogen-bond acceptors (Lipinski definition) is 4. The van der Waals surface area contributed by atoms with Crippen LogP contribution in [0.5, 0.6) is 0 Å². The third-order valence-electron chi connectivity index (χ3n) is 4.36. The molecule has 5 nitrogen and oxygen atoms in total. The first-order valence-electron chi connectivity index (χ1n) is 9.54. The summed E-state index contributed by atoms with van der Waals surface area (Å²) >= 11 is 0. The molecule has 0 aliphatic carbocycles. The number of carbonyl (C=O) groups is 1. The Hall–Kier alpha value is -2.95. The van der Waals surface area contributed by atoms with E-state index in [4.69, 9.17) is 4.52 Å². The van der Waals surface area contributed by atoms with Crippen LogP contribution in [0.3, 0.4) is 0 Å². The number of aryl methyl sites for hydroxylation is 1. The first-order chi connectivity index (χ1) is 13.3. The Bertz CT molecular complexity index is 909. The van der Waals surface area contributed by atoms with E-state index in [9.17, 15) is 4.79 Å². The molecule has 1 heterocycles. The molecule has 2 aromatic carbocycles. The van der Waals surface area contributed by atoms with E-state index in [0.717, 1.165) is 11.1 Å². The number of carbonyl (C=O) groups excluding carboxylic acids is 1. The molecule has 0 saturated heterocycles. The summed E-state index contributed by atoms with van der Waals surface area (Å²) in [6, 6.07) is 17.6. The second kappa shape index (κ2) is 8.38. The van der Waals surface area contributed by atoms with Crippen molar-refractivity contribution in [1.29, 1.82) is 0 Å². The van der Waals surface area contributed by atoms with Crippen molar-refractivity contribution in [3.05, 3.63) is 71.6 Å². The fourth-order valence-electron chi connectivity index (χ4n) is 2.97. The molecule has 28 heavy (non-hydrogen) atoms. The second-order valence-corrected chi connectivity index (χ2v) is 8.37. The lowest BCUT2D eigenvalue weighted by Gasteiger charge is -2.20. The predicted octanol–water partition coefficient (Wildman–Crippen LogP) is 4.88. The highest BCUT2D eigenvalue weighted by Crippen LogP contribution is 2.24. The topological polar surface area (TPSA) is 68.0 Å². The summed E-state index contributed by atoms with van der Waals surface area (Å²) in [6.07, 6.45) is 1.02. The zero-order valence-electron chi connectivity index (χ0n) is 16.9. The van der Waals surface area contributed by atoms with Gasteiger partial charge in [-0.1, -0.05) is 86.1 Å². The molecule has 0 fully saturated rings. The Kier molecular flexibility index (Phi) is 5.93. The Morgan fingerprint density at radius 1 is 1.07 bits per heavy atom. The number of amides is 1. The highest BCUT2D eigenvalue weighted by molar-refractivity contribution is 5.77. The van der Waals surface area contributed by atoms with Crippen LogP contribution >= 0.6 is 0 Å². The Balaban J connectivity index is 1.83. The zero-order chi connectivity index (χ0) is 20.1. The van der Waals surface area contributed by atoms with Crippen molar-refractivity contribution >= 4 is 5.91 Å². The van der Waals surface area contributed by atoms with Crippen LogP contribution < -0.4 is 5.32 Å². The van der Waals surface area contributed by atoms with E-state index < -0.39 is 0 Å². The van der Waals surface area contributed by atoms with Crippen LogP contribution in [0.15, 0.2) is 59.1 Å². The summed E-state index contributed by atoms with van der Waals surface area (Å²) in [5.41, 5.74) is 3.06. The van der Waals surface area contributed by atoms with Crippen LogP contribution in [-0.2, 0) is 11.2 Å². The van der Waals surface area contributed by atoms with Crippen LogP contribution in [0.4, 0.5) is 0 Å². The van der Waals surface area contributed by atoms with Crippen molar-refractivity contribution in [2.24, 2.45) is 5.41 Å². The molecule has 0 unspecified atom stereocenters. The summed E-state index contributed by atoms with van der Waals surface area (Å²) in [7, 11) is 0. The third-order valence-corrected chi connectivity index (χ3v) is 4.36. The smallest absolute Gasteiger partial charge is 0.249 e. The van der Waals surface area contributed by atoms with Gasteiger partial charge in [0.15, 0.2) is 0 Å². The number of nitrogens with zero attached hydrogens (tertiary/aromatic N) is 2. The minimum Gasteiger partial charge on any atom is -0.344 e. The van der Waals surface area contributed by atoms with Gasteiger partial charge in [0.1, 0.15) is 6.04 Å². The molecule has 3 aromatic rings. The van der Waals surface area contributed by atoms with E-state index >= 15 is 0 Å². The van der Waals surface area contributed by atoms with Crippen LogP contribution in [0, 0.1) is 12.3 Å². The number of aromatic nitrogens is 2. The average Bonchev–Trinajstić information content (AvgIpc) is 3.11. The van der Waals surface area contributed by atoms with E-state index in [-0.39, 0.29) is 17.4 Å². The zero-order valence-corrected chi connectivity index (χ0v) is 16.9. The Morgan fingerprint density at radius 3 is 2.39 bits per heavy atom. The second-order valence-electron chi connectivity index (χ2n) is 8.37. The maximum atomic E-state index is 12.5. The van der Waals surface area contributed by atoms with Crippen molar-refractivity contribution in [3.63, 3.8) is 0 Å². The highest BCUT2D eigenvalue weighted by Gasteiger charge is 2.24. The molecule has 1 atom stereocenters. The fourth-order valence-corrected chi connectivity index (χ4v) is 2.97. The summed E-state index contributed by atoms with van der Waals surface area (Å²) in [6.45, 7) is 8.16. The number of nitrogens with one attached hydrogen (secondary N) is 1. The lowest BCUT2D eigenvalue weighted by atomic mass is 9.91. The molecule has 5 heteroatoms. The van der Waals surface area contributed by atoms with E-state index in [1.807, 2.05) is 82.3 Å². The van der Waals surface area contributed by atoms with E-state index in [0.29, 0.717) is 24.6 Å². The van der Waals surface area contributed by atoms with Gasteiger partial charge in [-0.3, -0.25) is 4.79 Å². The van der Waals surface area contributed by atoms with Gasteiger partial charge in [-0.2, -0.15) is 4.98 Å². The third kappa shape index (κ3) is 5.52. The van der Waals surface area contributed by atoms with Gasteiger partial charge in [-0.15, -0.1) is 0 Å². The first-order valence-corrected chi connectivity index (χ1v) is 9.54. The predicted molar refractivity (Wildman–Crippen MR) is 110 cm³/mol. The van der Waals surface area contributed by atoms with E-state index in [1.54, 1.807) is 0 Å². The fraction of sp³-hybridized carbons (Fsp3) is 0.348. The van der Waals surface area contributed by atoms with Gasteiger partial charge in [0, 0.05) is 18.4 Å². The summed E-state index contributed by atoms with van der Waals surface area (Å²) in [4.78, 5) is 17.1. The largest absolute Gasteiger partial charge is 0.344 e. The van der Waals surface area contributed by atoms with Gasteiger partial charge >= 0.3 is 0 Å². The molecule has 1 amide bonds. The summed E-state index contributed by atoms with van der Waals surface area (Å²) < 4.78 is 5.54. The molecule has 0 aliphatic rings.